The number of nitrogens with one attached hydrogen (secondary N) is 1. The molecule has 100 valence electrons. The lowest BCUT2D eigenvalue weighted by Gasteiger charge is -2.09. The monoisotopic (exact) mass is 296 g/mol. The summed E-state index contributed by atoms with van der Waals surface area (Å²) in [6, 6.07) is 8.26. The first-order valence-corrected chi connectivity index (χ1v) is 7.50. The predicted molar refractivity (Wildman–Crippen MR) is 74.5 cm³/mol. The number of benzene rings is 1. The van der Waals surface area contributed by atoms with Crippen molar-refractivity contribution in [2.75, 3.05) is 0 Å². The van der Waals surface area contributed by atoms with Crippen LogP contribution in [0.15, 0.2) is 47.6 Å². The standard InChI is InChI=1S/C13H13ClN2O2S/c1-10-7-12(14)4-5-13(10)19(17,18)16-9-11-3-2-6-15-8-11/h2-8,16H,9H2,1H3. The molecule has 0 saturated heterocycles. The minimum absolute atomic E-state index is 0.207. The maximum Gasteiger partial charge on any atom is 0.241 e. The summed E-state index contributed by atoms with van der Waals surface area (Å²) in [6.45, 7) is 1.92. The van der Waals surface area contributed by atoms with Gasteiger partial charge in [0.25, 0.3) is 0 Å². The third-order valence-corrected chi connectivity index (χ3v) is 4.41. The molecule has 0 radical (unpaired) electrons. The Hall–Kier alpha value is -1.43. The molecule has 0 aliphatic carbocycles. The molecule has 1 N–H and O–H groups in total. The van der Waals surface area contributed by atoms with Crippen molar-refractivity contribution in [3.8, 4) is 0 Å². The molecule has 2 aromatic rings. The normalized spacial score (nSPS) is 11.5. The Morgan fingerprint density at radius 2 is 2.11 bits per heavy atom. The molecule has 0 unspecified atom stereocenters. The van der Waals surface area contributed by atoms with Crippen LogP contribution in [0.25, 0.3) is 0 Å². The van der Waals surface area contributed by atoms with Crippen LogP contribution >= 0.6 is 11.6 Å². The number of nitrogens with zero attached hydrogens (tertiary/aromatic N) is 1. The Morgan fingerprint density at radius 3 is 2.74 bits per heavy atom. The molecule has 0 saturated carbocycles. The van der Waals surface area contributed by atoms with Gasteiger partial charge in [-0.1, -0.05) is 17.7 Å². The van der Waals surface area contributed by atoms with Crippen molar-refractivity contribution < 1.29 is 8.42 Å². The van der Waals surface area contributed by atoms with E-state index in [0.717, 1.165) is 5.56 Å². The van der Waals surface area contributed by atoms with Crippen molar-refractivity contribution in [3.05, 3.63) is 58.9 Å². The lowest BCUT2D eigenvalue weighted by Crippen LogP contribution is -2.24. The number of halogens is 1. The molecule has 6 heteroatoms. The van der Waals surface area contributed by atoms with Crippen LogP contribution in [-0.4, -0.2) is 13.4 Å². The molecular formula is C13H13ClN2O2S. The van der Waals surface area contributed by atoms with E-state index in [1.807, 2.05) is 6.07 Å². The molecule has 1 aromatic heterocycles. The largest absolute Gasteiger partial charge is 0.264 e. The van der Waals surface area contributed by atoms with Crippen LogP contribution in [0.4, 0.5) is 0 Å². The van der Waals surface area contributed by atoms with Crippen molar-refractivity contribution in [2.24, 2.45) is 0 Å². The van der Waals surface area contributed by atoms with Crippen molar-refractivity contribution in [2.45, 2.75) is 18.4 Å². The zero-order valence-electron chi connectivity index (χ0n) is 10.3. The number of pyridine rings is 1. The van der Waals surface area contributed by atoms with E-state index in [-0.39, 0.29) is 11.4 Å². The smallest absolute Gasteiger partial charge is 0.241 e. The second-order valence-corrected chi connectivity index (χ2v) is 6.27. The van der Waals surface area contributed by atoms with Crippen LogP contribution in [-0.2, 0) is 16.6 Å². The van der Waals surface area contributed by atoms with E-state index in [1.54, 1.807) is 37.5 Å². The number of sulfonamides is 1. The summed E-state index contributed by atoms with van der Waals surface area (Å²) < 4.78 is 26.9. The van der Waals surface area contributed by atoms with Gasteiger partial charge in [-0.2, -0.15) is 0 Å². The third kappa shape index (κ3) is 3.53. The second-order valence-electron chi connectivity index (χ2n) is 4.10. The molecule has 2 rings (SSSR count). The van der Waals surface area contributed by atoms with E-state index in [9.17, 15) is 8.42 Å². The molecule has 0 spiro atoms. The molecule has 1 aromatic carbocycles. The Labute approximate surface area is 117 Å². The van der Waals surface area contributed by atoms with Crippen LogP contribution in [0.1, 0.15) is 11.1 Å². The Morgan fingerprint density at radius 1 is 1.32 bits per heavy atom. The molecule has 0 aliphatic heterocycles. The minimum Gasteiger partial charge on any atom is -0.264 e. The molecule has 0 amide bonds. The quantitative estimate of drug-likeness (QED) is 0.943. The highest BCUT2D eigenvalue weighted by molar-refractivity contribution is 7.89. The lowest BCUT2D eigenvalue weighted by molar-refractivity contribution is 0.580. The highest BCUT2D eigenvalue weighted by Gasteiger charge is 2.16. The van der Waals surface area contributed by atoms with Crippen molar-refractivity contribution in [1.29, 1.82) is 0 Å². The fraction of sp³-hybridized carbons (Fsp3) is 0.154. The van der Waals surface area contributed by atoms with Gasteiger partial charge in [-0.05, 0) is 42.3 Å². The van der Waals surface area contributed by atoms with E-state index in [0.29, 0.717) is 10.6 Å². The first-order valence-electron chi connectivity index (χ1n) is 5.64. The van der Waals surface area contributed by atoms with Crippen LogP contribution in [0.2, 0.25) is 5.02 Å². The van der Waals surface area contributed by atoms with Crippen LogP contribution in [0.5, 0.6) is 0 Å². The average molecular weight is 297 g/mol. The predicted octanol–water partition coefficient (Wildman–Crippen LogP) is 2.52. The average Bonchev–Trinajstić information content (AvgIpc) is 2.37. The van der Waals surface area contributed by atoms with Gasteiger partial charge in [0, 0.05) is 24.0 Å². The second kappa shape index (κ2) is 5.69. The zero-order chi connectivity index (χ0) is 13.9. The Balaban J connectivity index is 2.19. The maximum absolute atomic E-state index is 12.2. The minimum atomic E-state index is -3.54. The molecule has 0 bridgehead atoms. The van der Waals surface area contributed by atoms with Gasteiger partial charge < -0.3 is 0 Å². The van der Waals surface area contributed by atoms with Gasteiger partial charge in [0.1, 0.15) is 0 Å². The van der Waals surface area contributed by atoms with Crippen LogP contribution in [0.3, 0.4) is 0 Å². The van der Waals surface area contributed by atoms with Gasteiger partial charge in [-0.3, -0.25) is 4.98 Å². The highest BCUT2D eigenvalue weighted by Crippen LogP contribution is 2.19. The molecule has 0 fully saturated rings. The van der Waals surface area contributed by atoms with Crippen LogP contribution < -0.4 is 4.72 Å². The summed E-state index contributed by atoms with van der Waals surface area (Å²) in [5.41, 5.74) is 1.42. The van der Waals surface area contributed by atoms with Gasteiger partial charge in [0.2, 0.25) is 10.0 Å². The zero-order valence-corrected chi connectivity index (χ0v) is 11.9. The number of aromatic nitrogens is 1. The van der Waals surface area contributed by atoms with Gasteiger partial charge in [0.15, 0.2) is 0 Å². The van der Waals surface area contributed by atoms with Gasteiger partial charge in [-0.25, -0.2) is 13.1 Å². The van der Waals surface area contributed by atoms with Crippen molar-refractivity contribution in [1.82, 2.24) is 9.71 Å². The van der Waals surface area contributed by atoms with E-state index >= 15 is 0 Å². The number of rotatable bonds is 4. The Kier molecular flexibility index (Phi) is 4.19. The topological polar surface area (TPSA) is 59.1 Å². The summed E-state index contributed by atoms with van der Waals surface area (Å²) in [5, 5.41) is 0.517. The number of aryl methyl sites for hydroxylation is 1. The number of hydrogen-bond donors (Lipinski definition) is 1. The molecule has 4 nitrogen and oxygen atoms in total. The van der Waals surface area contributed by atoms with Gasteiger partial charge in [-0.15, -0.1) is 0 Å². The highest BCUT2D eigenvalue weighted by atomic mass is 35.5. The maximum atomic E-state index is 12.2. The first-order chi connectivity index (χ1) is 8.99. The first kappa shape index (κ1) is 14.0. The molecular weight excluding hydrogens is 284 g/mol. The number of hydrogen-bond acceptors (Lipinski definition) is 3. The SMILES string of the molecule is Cc1cc(Cl)ccc1S(=O)(=O)NCc1cccnc1. The lowest BCUT2D eigenvalue weighted by atomic mass is 10.2. The van der Waals surface area contributed by atoms with Crippen molar-refractivity contribution >= 4 is 21.6 Å². The van der Waals surface area contributed by atoms with Crippen molar-refractivity contribution in [3.63, 3.8) is 0 Å². The van der Waals surface area contributed by atoms with E-state index in [1.165, 1.54) is 6.07 Å². The molecule has 1 heterocycles. The summed E-state index contributed by atoms with van der Waals surface area (Å²) in [4.78, 5) is 4.17. The summed E-state index contributed by atoms with van der Waals surface area (Å²) in [5.74, 6) is 0. The Bertz CT molecular complexity index is 672. The van der Waals surface area contributed by atoms with Crippen LogP contribution in [0, 0.1) is 6.92 Å². The fourth-order valence-corrected chi connectivity index (χ4v) is 3.14. The summed E-state index contributed by atoms with van der Waals surface area (Å²) >= 11 is 5.82. The van der Waals surface area contributed by atoms with Gasteiger partial charge >= 0.3 is 0 Å². The van der Waals surface area contributed by atoms with E-state index < -0.39 is 10.0 Å². The third-order valence-electron chi connectivity index (χ3n) is 2.62. The van der Waals surface area contributed by atoms with E-state index in [4.69, 9.17) is 11.6 Å². The summed E-state index contributed by atoms with van der Waals surface area (Å²) in [6.07, 6.45) is 3.26. The molecule has 0 atom stereocenters. The summed E-state index contributed by atoms with van der Waals surface area (Å²) in [7, 11) is -3.54. The fourth-order valence-electron chi connectivity index (χ4n) is 1.67. The molecule has 0 aliphatic rings. The van der Waals surface area contributed by atoms with E-state index in [2.05, 4.69) is 9.71 Å². The molecule has 19 heavy (non-hydrogen) atoms. The van der Waals surface area contributed by atoms with Gasteiger partial charge in [0.05, 0.1) is 4.90 Å².